The van der Waals surface area contributed by atoms with Gasteiger partial charge in [0.2, 0.25) is 5.91 Å². The van der Waals surface area contributed by atoms with Crippen molar-refractivity contribution in [2.24, 2.45) is 0 Å². The summed E-state index contributed by atoms with van der Waals surface area (Å²) in [6.07, 6.45) is 0.550. The summed E-state index contributed by atoms with van der Waals surface area (Å²) >= 11 is 3.37. The first-order valence-corrected chi connectivity index (χ1v) is 12.4. The van der Waals surface area contributed by atoms with Crippen LogP contribution in [0.3, 0.4) is 0 Å². The molecule has 33 heavy (non-hydrogen) atoms. The smallest absolute Gasteiger partial charge is 0.264 e. The van der Waals surface area contributed by atoms with Crippen LogP contribution in [-0.2, 0) is 21.2 Å². The first-order valence-electron chi connectivity index (χ1n) is 10.2. The molecule has 0 fully saturated rings. The van der Waals surface area contributed by atoms with Gasteiger partial charge in [0.25, 0.3) is 10.0 Å². The predicted octanol–water partition coefficient (Wildman–Crippen LogP) is 4.02. The Hall–Kier alpha value is -3.04. The highest BCUT2D eigenvalue weighted by Crippen LogP contribution is 2.28. The number of nitrogens with zero attached hydrogens (tertiary/aromatic N) is 1. The summed E-state index contributed by atoms with van der Waals surface area (Å²) in [6, 6.07) is 20.4. The fourth-order valence-electron chi connectivity index (χ4n) is 3.23. The number of sulfonamides is 1. The summed E-state index contributed by atoms with van der Waals surface area (Å²) in [7, 11) is -0.808. The zero-order valence-electron chi connectivity index (χ0n) is 18.3. The number of hydrogen-bond acceptors (Lipinski definition) is 5. The molecular formula is C24H25BrN2O5S. The Balaban J connectivity index is 1.73. The van der Waals surface area contributed by atoms with E-state index in [-0.39, 0.29) is 11.4 Å². The Labute approximate surface area is 202 Å². The molecule has 0 saturated heterocycles. The lowest BCUT2D eigenvalue weighted by atomic mass is 10.1. The Morgan fingerprint density at radius 2 is 1.67 bits per heavy atom. The van der Waals surface area contributed by atoms with Crippen LogP contribution in [0, 0.1) is 0 Å². The van der Waals surface area contributed by atoms with Crippen LogP contribution in [0.15, 0.2) is 82.2 Å². The second kappa shape index (κ2) is 11.2. The standard InChI is InChI=1S/C24H25BrN2O5S/c1-31-22-12-11-18(15-23(22)32-2)13-14-26-24(28)17-27(20-8-6-7-19(25)16-20)33(29,30)21-9-4-3-5-10-21/h3-12,15-16H,13-14,17H2,1-2H3,(H,26,28). The van der Waals surface area contributed by atoms with Gasteiger partial charge in [-0.2, -0.15) is 0 Å². The third-order valence-electron chi connectivity index (χ3n) is 4.90. The Morgan fingerprint density at radius 3 is 2.33 bits per heavy atom. The van der Waals surface area contributed by atoms with E-state index in [0.717, 1.165) is 9.87 Å². The number of benzene rings is 3. The number of methoxy groups -OCH3 is 2. The van der Waals surface area contributed by atoms with Crippen molar-refractivity contribution >= 4 is 37.5 Å². The van der Waals surface area contributed by atoms with Gasteiger partial charge in [-0.1, -0.05) is 46.3 Å². The summed E-state index contributed by atoms with van der Waals surface area (Å²) in [5.74, 6) is 0.826. The van der Waals surface area contributed by atoms with E-state index < -0.39 is 15.9 Å². The average Bonchev–Trinajstić information content (AvgIpc) is 2.82. The van der Waals surface area contributed by atoms with E-state index in [4.69, 9.17) is 9.47 Å². The SMILES string of the molecule is COc1ccc(CCNC(=O)CN(c2cccc(Br)c2)S(=O)(=O)c2ccccc2)cc1OC. The zero-order valence-corrected chi connectivity index (χ0v) is 20.7. The highest BCUT2D eigenvalue weighted by Gasteiger charge is 2.27. The topological polar surface area (TPSA) is 84.9 Å². The molecule has 1 N–H and O–H groups in total. The molecule has 0 spiro atoms. The quantitative estimate of drug-likeness (QED) is 0.426. The number of ether oxygens (including phenoxy) is 2. The van der Waals surface area contributed by atoms with Gasteiger partial charge in [-0.3, -0.25) is 9.10 Å². The van der Waals surface area contributed by atoms with Crippen LogP contribution in [0.1, 0.15) is 5.56 Å². The van der Waals surface area contributed by atoms with Crippen molar-refractivity contribution in [1.82, 2.24) is 5.32 Å². The molecule has 0 aromatic heterocycles. The van der Waals surface area contributed by atoms with Crippen molar-refractivity contribution in [3.8, 4) is 11.5 Å². The Kier molecular flexibility index (Phi) is 8.35. The van der Waals surface area contributed by atoms with E-state index in [1.54, 1.807) is 62.8 Å². The fourth-order valence-corrected chi connectivity index (χ4v) is 5.06. The predicted molar refractivity (Wildman–Crippen MR) is 131 cm³/mol. The third-order valence-corrected chi connectivity index (χ3v) is 7.18. The second-order valence-corrected chi connectivity index (χ2v) is 9.87. The minimum Gasteiger partial charge on any atom is -0.493 e. The van der Waals surface area contributed by atoms with Gasteiger partial charge in [-0.05, 0) is 54.4 Å². The second-order valence-electron chi connectivity index (χ2n) is 7.09. The molecule has 174 valence electrons. The summed E-state index contributed by atoms with van der Waals surface area (Å²) in [4.78, 5) is 12.8. The van der Waals surface area contributed by atoms with Crippen molar-refractivity contribution in [1.29, 1.82) is 0 Å². The van der Waals surface area contributed by atoms with E-state index in [2.05, 4.69) is 21.2 Å². The van der Waals surface area contributed by atoms with Crippen molar-refractivity contribution in [2.75, 3.05) is 31.6 Å². The number of nitrogens with one attached hydrogen (secondary N) is 1. The van der Waals surface area contributed by atoms with Crippen molar-refractivity contribution in [3.05, 3.63) is 82.8 Å². The highest BCUT2D eigenvalue weighted by atomic mass is 79.9. The van der Waals surface area contributed by atoms with Gasteiger partial charge >= 0.3 is 0 Å². The Bertz CT molecular complexity index is 1200. The number of halogens is 1. The van der Waals surface area contributed by atoms with Gasteiger partial charge in [0, 0.05) is 11.0 Å². The first-order chi connectivity index (χ1) is 15.8. The van der Waals surface area contributed by atoms with Crippen LogP contribution in [-0.4, -0.2) is 41.6 Å². The molecule has 3 aromatic rings. The largest absolute Gasteiger partial charge is 0.493 e. The van der Waals surface area contributed by atoms with Crippen LogP contribution < -0.4 is 19.1 Å². The molecule has 1 amide bonds. The monoisotopic (exact) mass is 532 g/mol. The molecule has 9 heteroatoms. The molecule has 0 radical (unpaired) electrons. The Morgan fingerprint density at radius 1 is 0.939 bits per heavy atom. The minimum absolute atomic E-state index is 0.114. The average molecular weight is 533 g/mol. The van der Waals surface area contributed by atoms with E-state index in [9.17, 15) is 13.2 Å². The van der Waals surface area contributed by atoms with Crippen LogP contribution >= 0.6 is 15.9 Å². The zero-order chi connectivity index (χ0) is 23.8. The molecular weight excluding hydrogens is 508 g/mol. The number of rotatable bonds is 10. The number of anilines is 1. The normalized spacial score (nSPS) is 11.0. The van der Waals surface area contributed by atoms with Gasteiger partial charge < -0.3 is 14.8 Å². The minimum atomic E-state index is -3.94. The number of amides is 1. The third kappa shape index (κ3) is 6.27. The highest BCUT2D eigenvalue weighted by molar-refractivity contribution is 9.10. The lowest BCUT2D eigenvalue weighted by Gasteiger charge is -2.24. The van der Waals surface area contributed by atoms with Gasteiger partial charge in [0.15, 0.2) is 11.5 Å². The summed E-state index contributed by atoms with van der Waals surface area (Å²) in [6.45, 7) is -0.00829. The van der Waals surface area contributed by atoms with Crippen LogP contribution in [0.4, 0.5) is 5.69 Å². The lowest BCUT2D eigenvalue weighted by Crippen LogP contribution is -2.41. The van der Waals surface area contributed by atoms with E-state index in [1.807, 2.05) is 12.1 Å². The molecule has 3 aromatic carbocycles. The fraction of sp³-hybridized carbons (Fsp3) is 0.208. The van der Waals surface area contributed by atoms with Gasteiger partial charge in [0.1, 0.15) is 6.54 Å². The summed E-state index contributed by atoms with van der Waals surface area (Å²) in [5, 5.41) is 2.81. The molecule has 0 saturated carbocycles. The maximum absolute atomic E-state index is 13.3. The molecule has 7 nitrogen and oxygen atoms in total. The maximum atomic E-state index is 13.3. The molecule has 0 aliphatic heterocycles. The van der Waals surface area contributed by atoms with E-state index in [1.165, 1.54) is 12.1 Å². The number of carbonyl (C=O) groups is 1. The summed E-state index contributed by atoms with van der Waals surface area (Å²) in [5.41, 5.74) is 1.34. The van der Waals surface area contributed by atoms with Crippen LogP contribution in [0.5, 0.6) is 11.5 Å². The molecule has 3 rings (SSSR count). The molecule has 0 unspecified atom stereocenters. The van der Waals surface area contributed by atoms with Crippen LogP contribution in [0.25, 0.3) is 0 Å². The molecule has 0 aliphatic carbocycles. The van der Waals surface area contributed by atoms with Crippen molar-refractivity contribution < 1.29 is 22.7 Å². The lowest BCUT2D eigenvalue weighted by molar-refractivity contribution is -0.119. The number of hydrogen-bond donors (Lipinski definition) is 1. The van der Waals surface area contributed by atoms with Crippen molar-refractivity contribution in [2.45, 2.75) is 11.3 Å². The molecule has 0 aliphatic rings. The molecule has 0 atom stereocenters. The van der Waals surface area contributed by atoms with E-state index in [0.29, 0.717) is 34.6 Å². The van der Waals surface area contributed by atoms with Gasteiger partial charge in [0.05, 0.1) is 24.8 Å². The van der Waals surface area contributed by atoms with E-state index >= 15 is 0 Å². The molecule has 0 heterocycles. The van der Waals surface area contributed by atoms with Gasteiger partial charge in [-0.15, -0.1) is 0 Å². The first kappa shape index (κ1) is 24.6. The maximum Gasteiger partial charge on any atom is 0.264 e. The molecule has 0 bridgehead atoms. The van der Waals surface area contributed by atoms with Gasteiger partial charge in [-0.25, -0.2) is 8.42 Å². The number of carbonyl (C=O) groups excluding carboxylic acids is 1. The van der Waals surface area contributed by atoms with Crippen LogP contribution in [0.2, 0.25) is 0 Å². The summed E-state index contributed by atoms with van der Waals surface area (Å²) < 4.78 is 39.0. The van der Waals surface area contributed by atoms with Crippen molar-refractivity contribution in [3.63, 3.8) is 0 Å².